The molecular formula is C13H19ClFNO. The SMILES string of the molecule is CN(Cc1cc(Cl)ccc1F)CC(C)(C)CO. The molecule has 1 aromatic rings. The summed E-state index contributed by atoms with van der Waals surface area (Å²) in [7, 11) is 1.90. The second-order valence-corrected chi connectivity index (χ2v) is 5.67. The van der Waals surface area contributed by atoms with Gasteiger partial charge >= 0.3 is 0 Å². The molecule has 0 saturated carbocycles. The van der Waals surface area contributed by atoms with Crippen molar-refractivity contribution in [1.82, 2.24) is 4.90 Å². The van der Waals surface area contributed by atoms with Gasteiger partial charge in [0.25, 0.3) is 0 Å². The Morgan fingerprint density at radius 3 is 2.65 bits per heavy atom. The van der Waals surface area contributed by atoms with Gasteiger partial charge in [0.2, 0.25) is 0 Å². The Balaban J connectivity index is 2.68. The van der Waals surface area contributed by atoms with E-state index in [0.717, 1.165) is 0 Å². The van der Waals surface area contributed by atoms with Crippen LogP contribution in [-0.2, 0) is 6.54 Å². The Morgan fingerprint density at radius 2 is 2.06 bits per heavy atom. The largest absolute Gasteiger partial charge is 0.396 e. The first-order chi connectivity index (χ1) is 7.84. The number of hydrogen-bond donors (Lipinski definition) is 1. The van der Waals surface area contributed by atoms with Gasteiger partial charge < -0.3 is 10.0 Å². The molecule has 0 fully saturated rings. The van der Waals surface area contributed by atoms with Crippen molar-refractivity contribution in [3.8, 4) is 0 Å². The first-order valence-corrected chi connectivity index (χ1v) is 5.95. The molecule has 0 saturated heterocycles. The molecule has 96 valence electrons. The molecule has 4 heteroatoms. The van der Waals surface area contributed by atoms with Gasteiger partial charge in [-0.1, -0.05) is 25.4 Å². The molecule has 0 spiro atoms. The molecule has 17 heavy (non-hydrogen) atoms. The van der Waals surface area contributed by atoms with E-state index < -0.39 is 0 Å². The third-order valence-electron chi connectivity index (χ3n) is 2.57. The monoisotopic (exact) mass is 259 g/mol. The molecule has 2 nitrogen and oxygen atoms in total. The van der Waals surface area contributed by atoms with Crippen LogP contribution in [0.3, 0.4) is 0 Å². The highest BCUT2D eigenvalue weighted by molar-refractivity contribution is 6.30. The number of hydrogen-bond acceptors (Lipinski definition) is 2. The number of rotatable bonds is 5. The number of nitrogens with zero attached hydrogens (tertiary/aromatic N) is 1. The maximum Gasteiger partial charge on any atom is 0.127 e. The van der Waals surface area contributed by atoms with Gasteiger partial charge in [-0.05, 0) is 25.2 Å². The highest BCUT2D eigenvalue weighted by Crippen LogP contribution is 2.19. The molecule has 0 unspecified atom stereocenters. The molecule has 0 radical (unpaired) electrons. The fourth-order valence-corrected chi connectivity index (χ4v) is 1.99. The van der Waals surface area contributed by atoms with Gasteiger partial charge in [0.1, 0.15) is 5.82 Å². The lowest BCUT2D eigenvalue weighted by atomic mass is 9.94. The lowest BCUT2D eigenvalue weighted by Gasteiger charge is -2.28. The normalized spacial score (nSPS) is 12.2. The van der Waals surface area contributed by atoms with Crippen molar-refractivity contribution >= 4 is 11.6 Å². The predicted molar refractivity (Wildman–Crippen MR) is 68.6 cm³/mol. The van der Waals surface area contributed by atoms with Gasteiger partial charge in [0.05, 0.1) is 0 Å². The van der Waals surface area contributed by atoms with E-state index in [1.807, 2.05) is 25.8 Å². The average Bonchev–Trinajstić information content (AvgIpc) is 2.23. The average molecular weight is 260 g/mol. The summed E-state index contributed by atoms with van der Waals surface area (Å²) < 4.78 is 13.5. The minimum atomic E-state index is -0.247. The van der Waals surface area contributed by atoms with Gasteiger partial charge in [0, 0.05) is 35.7 Å². The quantitative estimate of drug-likeness (QED) is 0.879. The molecule has 0 bridgehead atoms. The van der Waals surface area contributed by atoms with Crippen LogP contribution in [0.5, 0.6) is 0 Å². The van der Waals surface area contributed by atoms with Crippen LogP contribution in [0.2, 0.25) is 5.02 Å². The van der Waals surface area contributed by atoms with Crippen molar-refractivity contribution in [2.45, 2.75) is 20.4 Å². The molecule has 0 aromatic heterocycles. The summed E-state index contributed by atoms with van der Waals surface area (Å²) in [6.07, 6.45) is 0. The highest BCUT2D eigenvalue weighted by atomic mass is 35.5. The van der Waals surface area contributed by atoms with E-state index >= 15 is 0 Å². The van der Waals surface area contributed by atoms with Gasteiger partial charge in [-0.2, -0.15) is 0 Å². The number of aliphatic hydroxyl groups is 1. The summed E-state index contributed by atoms with van der Waals surface area (Å²) in [4.78, 5) is 1.98. The van der Waals surface area contributed by atoms with E-state index in [1.165, 1.54) is 12.1 Å². The van der Waals surface area contributed by atoms with Gasteiger partial charge in [-0.15, -0.1) is 0 Å². The third-order valence-corrected chi connectivity index (χ3v) is 2.81. The number of halogens is 2. The summed E-state index contributed by atoms with van der Waals surface area (Å²) >= 11 is 5.84. The van der Waals surface area contributed by atoms with Crippen LogP contribution in [0.25, 0.3) is 0 Å². The molecule has 1 aromatic carbocycles. The first kappa shape index (κ1) is 14.4. The molecule has 0 aliphatic heterocycles. The summed E-state index contributed by atoms with van der Waals surface area (Å²) in [6, 6.07) is 4.56. The Morgan fingerprint density at radius 1 is 1.41 bits per heavy atom. The zero-order valence-electron chi connectivity index (χ0n) is 10.5. The Hall–Kier alpha value is -0.640. The number of benzene rings is 1. The molecular weight excluding hydrogens is 241 g/mol. The minimum absolute atomic E-state index is 0.107. The van der Waals surface area contributed by atoms with Gasteiger partial charge in [0.15, 0.2) is 0 Å². The van der Waals surface area contributed by atoms with Crippen LogP contribution in [0.1, 0.15) is 19.4 Å². The standard InChI is InChI=1S/C13H19ClFNO/c1-13(2,9-17)8-16(3)7-10-6-11(14)4-5-12(10)15/h4-6,17H,7-9H2,1-3H3. The van der Waals surface area contributed by atoms with Crippen LogP contribution < -0.4 is 0 Å². The molecule has 0 aliphatic rings. The predicted octanol–water partition coefficient (Wildman–Crippen LogP) is 2.93. The second kappa shape index (κ2) is 5.80. The van der Waals surface area contributed by atoms with Crippen molar-refractivity contribution in [3.05, 3.63) is 34.6 Å². The summed E-state index contributed by atoms with van der Waals surface area (Å²) in [6.45, 7) is 5.22. The van der Waals surface area contributed by atoms with Crippen molar-refractivity contribution in [3.63, 3.8) is 0 Å². The molecule has 0 heterocycles. The van der Waals surface area contributed by atoms with Crippen molar-refractivity contribution < 1.29 is 9.50 Å². The van der Waals surface area contributed by atoms with E-state index in [9.17, 15) is 9.50 Å². The number of aliphatic hydroxyl groups excluding tert-OH is 1. The van der Waals surface area contributed by atoms with Gasteiger partial charge in [-0.3, -0.25) is 0 Å². The fraction of sp³-hybridized carbons (Fsp3) is 0.538. The molecule has 1 N–H and O–H groups in total. The van der Waals surface area contributed by atoms with Crippen LogP contribution in [0.15, 0.2) is 18.2 Å². The molecule has 0 amide bonds. The van der Waals surface area contributed by atoms with Gasteiger partial charge in [-0.25, -0.2) is 4.39 Å². The lowest BCUT2D eigenvalue weighted by Crippen LogP contribution is -2.33. The molecule has 1 rings (SSSR count). The summed E-state index contributed by atoms with van der Waals surface area (Å²) in [5.41, 5.74) is 0.387. The van der Waals surface area contributed by atoms with E-state index in [0.29, 0.717) is 23.7 Å². The Labute approximate surface area is 107 Å². The highest BCUT2D eigenvalue weighted by Gasteiger charge is 2.19. The Kier molecular flexibility index (Phi) is 4.92. The second-order valence-electron chi connectivity index (χ2n) is 5.23. The zero-order chi connectivity index (χ0) is 13.1. The summed E-state index contributed by atoms with van der Waals surface area (Å²) in [5, 5.41) is 9.72. The third kappa shape index (κ3) is 4.62. The maximum absolute atomic E-state index is 13.5. The topological polar surface area (TPSA) is 23.5 Å². The molecule has 0 aliphatic carbocycles. The van der Waals surface area contributed by atoms with E-state index in [-0.39, 0.29) is 17.8 Å². The van der Waals surface area contributed by atoms with Crippen LogP contribution in [-0.4, -0.2) is 30.2 Å². The summed E-state index contributed by atoms with van der Waals surface area (Å²) in [5.74, 6) is -0.247. The maximum atomic E-state index is 13.5. The Bertz CT molecular complexity index is 382. The van der Waals surface area contributed by atoms with Crippen LogP contribution in [0.4, 0.5) is 4.39 Å². The van der Waals surface area contributed by atoms with Crippen LogP contribution in [0, 0.1) is 11.2 Å². The van der Waals surface area contributed by atoms with Crippen molar-refractivity contribution in [1.29, 1.82) is 0 Å². The van der Waals surface area contributed by atoms with Crippen molar-refractivity contribution in [2.75, 3.05) is 20.2 Å². The van der Waals surface area contributed by atoms with Crippen molar-refractivity contribution in [2.24, 2.45) is 5.41 Å². The smallest absolute Gasteiger partial charge is 0.127 e. The van der Waals surface area contributed by atoms with Crippen LogP contribution >= 0.6 is 11.6 Å². The first-order valence-electron chi connectivity index (χ1n) is 5.57. The fourth-order valence-electron chi connectivity index (χ4n) is 1.79. The zero-order valence-corrected chi connectivity index (χ0v) is 11.3. The lowest BCUT2D eigenvalue weighted by molar-refractivity contribution is 0.112. The van der Waals surface area contributed by atoms with E-state index in [4.69, 9.17) is 11.6 Å². The van der Waals surface area contributed by atoms with E-state index in [2.05, 4.69) is 0 Å². The van der Waals surface area contributed by atoms with E-state index in [1.54, 1.807) is 6.07 Å². The minimum Gasteiger partial charge on any atom is -0.396 e. The molecule has 0 atom stereocenters.